The van der Waals surface area contributed by atoms with Gasteiger partial charge in [-0.15, -0.1) is 0 Å². The molecule has 0 spiro atoms. The topological polar surface area (TPSA) is 58.7 Å². The maximum Gasteiger partial charge on any atom is 0.277 e. The third-order valence-corrected chi connectivity index (χ3v) is 4.54. The summed E-state index contributed by atoms with van der Waals surface area (Å²) in [7, 11) is 0. The molecule has 1 aliphatic rings. The minimum atomic E-state index is -0.158. The standard InChI is InChI=1S/C21H16ClN3O/c22-15-10-11-19-16(12-15)20(24-18-9-5-4-8-17(18)23)21(26)25(19)13-14-6-2-1-3-7-14/h1-12H,13,23H2. The second-order valence-corrected chi connectivity index (χ2v) is 6.49. The fourth-order valence-corrected chi connectivity index (χ4v) is 3.20. The van der Waals surface area contributed by atoms with Gasteiger partial charge in [0.25, 0.3) is 5.91 Å². The number of nitrogen functional groups attached to an aromatic ring is 1. The van der Waals surface area contributed by atoms with E-state index in [4.69, 9.17) is 17.3 Å². The van der Waals surface area contributed by atoms with E-state index in [2.05, 4.69) is 4.99 Å². The van der Waals surface area contributed by atoms with Crippen molar-refractivity contribution in [2.24, 2.45) is 4.99 Å². The van der Waals surface area contributed by atoms with Crippen LogP contribution in [0.3, 0.4) is 0 Å². The number of carbonyl (C=O) groups is 1. The van der Waals surface area contributed by atoms with Crippen molar-refractivity contribution in [1.82, 2.24) is 0 Å². The molecule has 2 N–H and O–H groups in total. The molecular formula is C21H16ClN3O. The minimum absolute atomic E-state index is 0.158. The normalized spacial score (nSPS) is 14.7. The molecule has 5 heteroatoms. The first-order valence-electron chi connectivity index (χ1n) is 8.22. The maximum absolute atomic E-state index is 13.1. The molecule has 0 saturated carbocycles. The number of rotatable bonds is 3. The van der Waals surface area contributed by atoms with E-state index < -0.39 is 0 Å². The number of fused-ring (bicyclic) bond motifs is 1. The molecule has 0 aromatic heterocycles. The molecule has 0 radical (unpaired) electrons. The Morgan fingerprint density at radius 1 is 0.962 bits per heavy atom. The van der Waals surface area contributed by atoms with E-state index in [0.29, 0.717) is 28.7 Å². The molecule has 0 atom stereocenters. The number of hydrogen-bond donors (Lipinski definition) is 1. The van der Waals surface area contributed by atoms with Crippen LogP contribution in [-0.2, 0) is 11.3 Å². The van der Waals surface area contributed by atoms with E-state index in [0.717, 1.165) is 16.8 Å². The van der Waals surface area contributed by atoms with Crippen LogP contribution in [-0.4, -0.2) is 11.6 Å². The molecule has 0 aliphatic carbocycles. The van der Waals surface area contributed by atoms with Crippen LogP contribution < -0.4 is 10.6 Å². The molecule has 1 aliphatic heterocycles. The number of para-hydroxylation sites is 2. The maximum atomic E-state index is 13.1. The first kappa shape index (κ1) is 16.4. The summed E-state index contributed by atoms with van der Waals surface area (Å²) in [6.45, 7) is 0.470. The zero-order chi connectivity index (χ0) is 18.1. The highest BCUT2D eigenvalue weighted by Gasteiger charge is 2.34. The summed E-state index contributed by atoms with van der Waals surface area (Å²) in [6.07, 6.45) is 0. The van der Waals surface area contributed by atoms with Gasteiger partial charge in [-0.2, -0.15) is 0 Å². The van der Waals surface area contributed by atoms with Gasteiger partial charge in [-0.1, -0.05) is 54.1 Å². The van der Waals surface area contributed by atoms with E-state index in [9.17, 15) is 4.79 Å². The molecule has 0 unspecified atom stereocenters. The zero-order valence-electron chi connectivity index (χ0n) is 13.9. The number of anilines is 2. The fraction of sp³-hybridized carbons (Fsp3) is 0.0476. The number of amides is 1. The van der Waals surface area contributed by atoms with Crippen LogP contribution in [0.5, 0.6) is 0 Å². The van der Waals surface area contributed by atoms with Gasteiger partial charge >= 0.3 is 0 Å². The molecule has 1 amide bonds. The van der Waals surface area contributed by atoms with Crippen LogP contribution in [0.15, 0.2) is 77.8 Å². The van der Waals surface area contributed by atoms with E-state index in [-0.39, 0.29) is 5.91 Å². The Labute approximate surface area is 156 Å². The molecule has 3 aromatic carbocycles. The molecular weight excluding hydrogens is 346 g/mol. The van der Waals surface area contributed by atoms with Crippen molar-refractivity contribution in [3.63, 3.8) is 0 Å². The fourth-order valence-electron chi connectivity index (χ4n) is 3.03. The third kappa shape index (κ3) is 2.95. The molecule has 128 valence electrons. The number of carbonyl (C=O) groups excluding carboxylic acids is 1. The van der Waals surface area contributed by atoms with Crippen LogP contribution in [0.4, 0.5) is 17.1 Å². The molecule has 0 fully saturated rings. The van der Waals surface area contributed by atoms with E-state index in [1.165, 1.54) is 0 Å². The van der Waals surface area contributed by atoms with E-state index >= 15 is 0 Å². The summed E-state index contributed by atoms with van der Waals surface area (Å²) < 4.78 is 0. The van der Waals surface area contributed by atoms with Gasteiger partial charge in [-0.05, 0) is 35.9 Å². The summed E-state index contributed by atoms with van der Waals surface area (Å²) in [4.78, 5) is 19.4. The minimum Gasteiger partial charge on any atom is -0.397 e. The van der Waals surface area contributed by atoms with Crippen LogP contribution in [0, 0.1) is 0 Å². The summed E-state index contributed by atoms with van der Waals surface area (Å²) in [5.74, 6) is -0.158. The average Bonchev–Trinajstić information content (AvgIpc) is 2.89. The lowest BCUT2D eigenvalue weighted by molar-refractivity contribution is -0.112. The van der Waals surface area contributed by atoms with Gasteiger partial charge in [-0.25, -0.2) is 4.99 Å². The van der Waals surface area contributed by atoms with Crippen LogP contribution >= 0.6 is 11.6 Å². The second-order valence-electron chi connectivity index (χ2n) is 6.06. The predicted molar refractivity (Wildman–Crippen MR) is 106 cm³/mol. The first-order valence-corrected chi connectivity index (χ1v) is 8.60. The van der Waals surface area contributed by atoms with Crippen molar-refractivity contribution in [3.8, 4) is 0 Å². The Balaban J connectivity index is 1.81. The number of aliphatic imine (C=N–C) groups is 1. The summed E-state index contributed by atoms with van der Waals surface area (Å²) in [5, 5.41) is 0.562. The Morgan fingerprint density at radius 2 is 1.69 bits per heavy atom. The number of nitrogens with two attached hydrogens (primary N) is 1. The van der Waals surface area contributed by atoms with Gasteiger partial charge in [0.15, 0.2) is 0 Å². The number of benzene rings is 3. The van der Waals surface area contributed by atoms with Crippen LogP contribution in [0.1, 0.15) is 11.1 Å². The molecule has 4 nitrogen and oxygen atoms in total. The molecule has 1 heterocycles. The Bertz CT molecular complexity index is 1010. The molecule has 0 saturated heterocycles. The summed E-state index contributed by atoms with van der Waals surface area (Å²) in [6, 6.07) is 22.5. The van der Waals surface area contributed by atoms with E-state index in [1.54, 1.807) is 29.2 Å². The highest BCUT2D eigenvalue weighted by Crippen LogP contribution is 2.35. The lowest BCUT2D eigenvalue weighted by Crippen LogP contribution is -2.29. The van der Waals surface area contributed by atoms with Crippen LogP contribution in [0.25, 0.3) is 0 Å². The van der Waals surface area contributed by atoms with Crippen molar-refractivity contribution < 1.29 is 4.79 Å². The highest BCUT2D eigenvalue weighted by molar-refractivity contribution is 6.55. The van der Waals surface area contributed by atoms with Gasteiger partial charge in [0, 0.05) is 10.6 Å². The highest BCUT2D eigenvalue weighted by atomic mass is 35.5. The van der Waals surface area contributed by atoms with Crippen LogP contribution in [0.2, 0.25) is 5.02 Å². The monoisotopic (exact) mass is 361 g/mol. The summed E-state index contributed by atoms with van der Waals surface area (Å²) in [5.41, 5.74) is 10.0. The van der Waals surface area contributed by atoms with Crippen molar-refractivity contribution >= 4 is 40.3 Å². The predicted octanol–water partition coefficient (Wildman–Crippen LogP) is 4.59. The molecule has 4 rings (SSSR count). The Morgan fingerprint density at radius 3 is 2.46 bits per heavy atom. The van der Waals surface area contributed by atoms with Gasteiger partial charge in [0.2, 0.25) is 0 Å². The van der Waals surface area contributed by atoms with Gasteiger partial charge in [0.1, 0.15) is 5.71 Å². The Hall–Kier alpha value is -3.11. The average molecular weight is 362 g/mol. The van der Waals surface area contributed by atoms with Gasteiger partial charge < -0.3 is 10.6 Å². The van der Waals surface area contributed by atoms with Gasteiger partial charge in [0.05, 0.1) is 23.6 Å². The number of nitrogens with zero attached hydrogens (tertiary/aromatic N) is 2. The summed E-state index contributed by atoms with van der Waals surface area (Å²) >= 11 is 6.17. The third-order valence-electron chi connectivity index (χ3n) is 4.30. The van der Waals surface area contributed by atoms with Crippen molar-refractivity contribution in [3.05, 3.63) is 88.9 Å². The Kier molecular flexibility index (Phi) is 4.19. The lowest BCUT2D eigenvalue weighted by atomic mass is 10.1. The quantitative estimate of drug-likeness (QED) is 0.693. The van der Waals surface area contributed by atoms with E-state index in [1.807, 2.05) is 48.5 Å². The molecule has 26 heavy (non-hydrogen) atoms. The SMILES string of the molecule is Nc1ccccc1N=C1C(=O)N(Cc2ccccc2)c2ccc(Cl)cc21. The largest absolute Gasteiger partial charge is 0.397 e. The molecule has 0 bridgehead atoms. The van der Waals surface area contributed by atoms with Crippen molar-refractivity contribution in [1.29, 1.82) is 0 Å². The number of halogens is 1. The zero-order valence-corrected chi connectivity index (χ0v) is 14.6. The van der Waals surface area contributed by atoms with Crippen molar-refractivity contribution in [2.45, 2.75) is 6.54 Å². The number of hydrogen-bond acceptors (Lipinski definition) is 3. The van der Waals surface area contributed by atoms with Gasteiger partial charge in [-0.3, -0.25) is 4.79 Å². The smallest absolute Gasteiger partial charge is 0.277 e. The first-order chi connectivity index (χ1) is 12.6. The lowest BCUT2D eigenvalue weighted by Gasteiger charge is -2.16. The van der Waals surface area contributed by atoms with Crippen molar-refractivity contribution in [2.75, 3.05) is 10.6 Å². The second kappa shape index (κ2) is 6.65. The molecule has 3 aromatic rings.